The maximum atomic E-state index is 14.0. The van der Waals surface area contributed by atoms with Crippen molar-refractivity contribution < 1.29 is 35.5 Å². The van der Waals surface area contributed by atoms with Gasteiger partial charge in [0, 0.05) is 12.7 Å². The van der Waals surface area contributed by atoms with Crippen molar-refractivity contribution in [3.05, 3.63) is 124 Å². The fourth-order valence-electron chi connectivity index (χ4n) is 5.24. The third-order valence-corrected chi connectivity index (χ3v) is 9.34. The quantitative estimate of drug-likeness (QED) is 0.159. The summed E-state index contributed by atoms with van der Waals surface area (Å²) in [5.41, 5.74) is -1.76. The predicted octanol–water partition coefficient (Wildman–Crippen LogP) is 5.94. The summed E-state index contributed by atoms with van der Waals surface area (Å²) in [7, 11) is -3.93. The molecule has 0 saturated heterocycles. The van der Waals surface area contributed by atoms with Crippen molar-refractivity contribution in [3.63, 3.8) is 0 Å². The third kappa shape index (κ3) is 7.38. The zero-order valence-electron chi connectivity index (χ0n) is 25.8. The van der Waals surface area contributed by atoms with Gasteiger partial charge in [0.25, 0.3) is 5.56 Å². The summed E-state index contributed by atoms with van der Waals surface area (Å²) in [4.78, 5) is 37.9. The Kier molecular flexibility index (Phi) is 9.94. The van der Waals surface area contributed by atoms with Crippen LogP contribution < -0.4 is 10.3 Å². The molecule has 1 atom stereocenters. The molecule has 0 aliphatic carbocycles. The first-order valence-electron chi connectivity index (χ1n) is 14.8. The number of carbonyl (C=O) groups excluding carboxylic acids is 1. The number of halogens is 4. The van der Waals surface area contributed by atoms with Gasteiger partial charge in [0.2, 0.25) is 5.91 Å². The van der Waals surface area contributed by atoms with E-state index in [4.69, 9.17) is 4.74 Å². The first-order chi connectivity index (χ1) is 22.8. The molecule has 250 valence electrons. The van der Waals surface area contributed by atoms with E-state index < -0.39 is 63.6 Å². The Balaban J connectivity index is 1.61. The Morgan fingerprint density at radius 3 is 2.38 bits per heavy atom. The number of aromatic nitrogens is 3. The van der Waals surface area contributed by atoms with Crippen molar-refractivity contribution in [2.24, 2.45) is 0 Å². The van der Waals surface area contributed by atoms with Crippen LogP contribution in [0.2, 0.25) is 0 Å². The number of ether oxygens (including phenoxy) is 1. The molecule has 0 spiro atoms. The van der Waals surface area contributed by atoms with Crippen LogP contribution in [0.1, 0.15) is 36.8 Å². The third-order valence-electron chi connectivity index (χ3n) is 7.63. The maximum Gasteiger partial charge on any atom is 0.419 e. The topological polar surface area (TPSA) is 111 Å². The highest BCUT2D eigenvalue weighted by Crippen LogP contribution is 2.32. The Labute approximate surface area is 273 Å². The minimum absolute atomic E-state index is 0.0118. The number of pyridine rings is 1. The number of amides is 1. The highest BCUT2D eigenvalue weighted by atomic mass is 32.2. The van der Waals surface area contributed by atoms with Crippen LogP contribution in [0.15, 0.2) is 101 Å². The first kappa shape index (κ1) is 34.2. The van der Waals surface area contributed by atoms with Gasteiger partial charge in [0.15, 0.2) is 15.5 Å². The van der Waals surface area contributed by atoms with Gasteiger partial charge < -0.3 is 9.64 Å². The van der Waals surface area contributed by atoms with E-state index in [0.29, 0.717) is 30.2 Å². The molecule has 0 aliphatic heterocycles. The van der Waals surface area contributed by atoms with E-state index in [1.807, 2.05) is 6.92 Å². The first-order valence-corrected chi connectivity index (χ1v) is 16.5. The lowest BCUT2D eigenvalue weighted by Gasteiger charge is -2.30. The van der Waals surface area contributed by atoms with Crippen molar-refractivity contribution in [2.75, 3.05) is 18.9 Å². The van der Waals surface area contributed by atoms with E-state index in [0.717, 1.165) is 11.0 Å². The summed E-state index contributed by atoms with van der Waals surface area (Å²) in [6.07, 6.45) is -4.19. The van der Waals surface area contributed by atoms with Crippen LogP contribution in [0.3, 0.4) is 0 Å². The smallest absolute Gasteiger partial charge is 0.419 e. The minimum atomic E-state index is -5.00. The molecule has 48 heavy (non-hydrogen) atoms. The second kappa shape index (κ2) is 13.9. The molecule has 0 radical (unpaired) electrons. The van der Waals surface area contributed by atoms with Gasteiger partial charge in [-0.1, -0.05) is 24.3 Å². The summed E-state index contributed by atoms with van der Waals surface area (Å²) >= 11 is 0. The molecule has 5 aromatic rings. The zero-order chi connectivity index (χ0) is 34.6. The molecule has 5 rings (SSSR count). The molecule has 2 aromatic heterocycles. The van der Waals surface area contributed by atoms with Gasteiger partial charge in [-0.3, -0.25) is 14.2 Å². The molecule has 0 aliphatic rings. The normalized spacial score (nSPS) is 12.5. The summed E-state index contributed by atoms with van der Waals surface area (Å²) in [6.45, 7) is 3.34. The molecule has 0 bridgehead atoms. The number of carbonyl (C=O) groups is 1. The summed E-state index contributed by atoms with van der Waals surface area (Å²) < 4.78 is 87.8. The van der Waals surface area contributed by atoms with E-state index in [1.54, 1.807) is 54.6 Å². The monoisotopic (exact) mass is 682 g/mol. The molecule has 2 heterocycles. The number of hydrogen-bond donors (Lipinski definition) is 0. The molecular formula is C34H30F4N4O5S. The fourth-order valence-corrected chi connectivity index (χ4v) is 6.48. The number of nitrogens with zero attached hydrogens (tertiary/aromatic N) is 4. The highest BCUT2D eigenvalue weighted by Gasteiger charge is 2.35. The van der Waals surface area contributed by atoms with E-state index in [2.05, 4.69) is 9.97 Å². The van der Waals surface area contributed by atoms with E-state index in [-0.39, 0.29) is 27.3 Å². The van der Waals surface area contributed by atoms with E-state index >= 15 is 0 Å². The lowest BCUT2D eigenvalue weighted by molar-refractivity contribution is -0.140. The second-order valence-corrected chi connectivity index (χ2v) is 12.9. The minimum Gasteiger partial charge on any atom is -0.494 e. The van der Waals surface area contributed by atoms with E-state index in [9.17, 15) is 35.6 Å². The molecular weight excluding hydrogens is 652 g/mol. The SMILES string of the molecule is CCOc1ccc(-n2c([C@H](C)N(CCS(=O)(=O)c3ccccc3)C(=O)Cc3ccc(F)c(C(F)(F)F)c3)nc3ncccc3c2=O)cc1. The maximum absolute atomic E-state index is 14.0. The second-order valence-electron chi connectivity index (χ2n) is 10.8. The number of hydrogen-bond acceptors (Lipinski definition) is 7. The van der Waals surface area contributed by atoms with Gasteiger partial charge in [-0.25, -0.2) is 22.8 Å². The molecule has 14 heteroatoms. The lowest BCUT2D eigenvalue weighted by Crippen LogP contribution is -2.41. The van der Waals surface area contributed by atoms with Crippen molar-refractivity contribution in [2.45, 2.75) is 37.4 Å². The number of alkyl halides is 3. The zero-order valence-corrected chi connectivity index (χ0v) is 26.6. The molecule has 3 aromatic carbocycles. The average molecular weight is 683 g/mol. The van der Waals surface area contributed by atoms with Crippen LogP contribution >= 0.6 is 0 Å². The summed E-state index contributed by atoms with van der Waals surface area (Å²) in [6, 6.07) is 18.3. The van der Waals surface area contributed by atoms with Gasteiger partial charge >= 0.3 is 6.18 Å². The van der Waals surface area contributed by atoms with Crippen LogP contribution in [0, 0.1) is 5.82 Å². The van der Waals surface area contributed by atoms with Crippen molar-refractivity contribution >= 4 is 26.8 Å². The number of fused-ring (bicyclic) bond motifs is 1. The molecule has 1 amide bonds. The summed E-state index contributed by atoms with van der Waals surface area (Å²) in [5.74, 6) is -2.26. The van der Waals surface area contributed by atoms with Gasteiger partial charge in [0.1, 0.15) is 17.4 Å². The molecule has 0 saturated carbocycles. The molecule has 0 fully saturated rings. The van der Waals surface area contributed by atoms with Gasteiger partial charge in [0.05, 0.1) is 46.4 Å². The number of benzene rings is 3. The Morgan fingerprint density at radius 1 is 1.00 bits per heavy atom. The number of sulfone groups is 1. The lowest BCUT2D eigenvalue weighted by atomic mass is 10.1. The highest BCUT2D eigenvalue weighted by molar-refractivity contribution is 7.91. The molecule has 0 unspecified atom stereocenters. The Bertz CT molecular complexity index is 2110. The van der Waals surface area contributed by atoms with E-state index in [1.165, 1.54) is 29.8 Å². The van der Waals surface area contributed by atoms with Crippen LogP contribution in [-0.4, -0.2) is 52.7 Å². The van der Waals surface area contributed by atoms with Crippen LogP contribution in [0.5, 0.6) is 5.75 Å². The predicted molar refractivity (Wildman–Crippen MR) is 170 cm³/mol. The standard InChI is InChI=1S/C34H30F4N4O5S/c1-3-47-25-14-12-24(13-15-25)42-32(40-31-27(33(42)44)10-7-17-39-31)22(2)41(18-19-48(45,46)26-8-5-4-6-9-26)30(43)21-23-11-16-29(35)28(20-23)34(36,37)38/h4-17,20,22H,3,18-19,21H2,1-2H3/t22-/m0/s1. The fraction of sp³-hybridized carbons (Fsp3) is 0.235. The Morgan fingerprint density at radius 2 is 1.71 bits per heavy atom. The van der Waals surface area contributed by atoms with Crippen molar-refractivity contribution in [1.82, 2.24) is 19.4 Å². The number of rotatable bonds is 11. The summed E-state index contributed by atoms with van der Waals surface area (Å²) in [5, 5.41) is 0.179. The van der Waals surface area contributed by atoms with Crippen molar-refractivity contribution in [3.8, 4) is 11.4 Å². The van der Waals surface area contributed by atoms with Gasteiger partial charge in [-0.2, -0.15) is 13.2 Å². The van der Waals surface area contributed by atoms with Gasteiger partial charge in [-0.15, -0.1) is 0 Å². The van der Waals surface area contributed by atoms with Crippen LogP contribution in [-0.2, 0) is 27.2 Å². The molecule has 9 nitrogen and oxygen atoms in total. The van der Waals surface area contributed by atoms with Crippen LogP contribution in [0.25, 0.3) is 16.7 Å². The van der Waals surface area contributed by atoms with Crippen molar-refractivity contribution in [1.29, 1.82) is 0 Å². The largest absolute Gasteiger partial charge is 0.494 e. The Hall–Kier alpha value is -5.11. The average Bonchev–Trinajstić information content (AvgIpc) is 3.06. The van der Waals surface area contributed by atoms with Crippen LogP contribution in [0.4, 0.5) is 17.6 Å². The molecule has 0 N–H and O–H groups in total. The van der Waals surface area contributed by atoms with Gasteiger partial charge in [-0.05, 0) is 80.1 Å².